The van der Waals surface area contributed by atoms with Crippen molar-refractivity contribution >= 4 is 21.6 Å². The minimum absolute atomic E-state index is 0.172. The fraction of sp³-hybridized carbons (Fsp3) is 0.409. The van der Waals surface area contributed by atoms with Gasteiger partial charge in [-0.2, -0.15) is 4.31 Å². The quantitative estimate of drug-likeness (QED) is 0.747. The first-order chi connectivity index (χ1) is 13.9. The number of nitrogens with one attached hydrogen (secondary N) is 1. The standard InChI is InChI=1S/C22H28N2O4S/c1-3-28-22-10-9-20(16-21(22)23-17(2)25)29(26,27)24-13-11-19(12-14-24)15-18-7-5-4-6-8-18/h4-10,16,19H,3,11-15H2,1-2H3,(H,23,25). The van der Waals surface area contributed by atoms with Gasteiger partial charge in [-0.15, -0.1) is 0 Å². The first-order valence-corrected chi connectivity index (χ1v) is 11.4. The molecule has 0 aliphatic carbocycles. The summed E-state index contributed by atoms with van der Waals surface area (Å²) >= 11 is 0. The minimum Gasteiger partial charge on any atom is -0.492 e. The van der Waals surface area contributed by atoms with Crippen molar-refractivity contribution in [3.8, 4) is 5.75 Å². The van der Waals surface area contributed by atoms with Gasteiger partial charge in [0.2, 0.25) is 15.9 Å². The van der Waals surface area contributed by atoms with Crippen molar-refractivity contribution in [3.63, 3.8) is 0 Å². The molecule has 6 nitrogen and oxygen atoms in total. The van der Waals surface area contributed by atoms with Crippen molar-refractivity contribution in [1.82, 2.24) is 4.31 Å². The molecule has 1 aliphatic rings. The molecule has 0 atom stereocenters. The third kappa shape index (κ3) is 5.36. The highest BCUT2D eigenvalue weighted by molar-refractivity contribution is 7.89. The predicted molar refractivity (Wildman–Crippen MR) is 114 cm³/mol. The number of amides is 1. The summed E-state index contributed by atoms with van der Waals surface area (Å²) in [5.74, 6) is 0.671. The molecule has 0 radical (unpaired) electrons. The SMILES string of the molecule is CCOc1ccc(S(=O)(=O)N2CCC(Cc3ccccc3)CC2)cc1NC(C)=O. The van der Waals surface area contributed by atoms with E-state index in [0.717, 1.165) is 19.3 Å². The van der Waals surface area contributed by atoms with E-state index in [1.807, 2.05) is 25.1 Å². The van der Waals surface area contributed by atoms with Crippen LogP contribution in [0.25, 0.3) is 0 Å². The number of carbonyl (C=O) groups is 1. The molecule has 1 N–H and O–H groups in total. The predicted octanol–water partition coefficient (Wildman–Crippen LogP) is 3.69. The molecule has 1 aliphatic heterocycles. The van der Waals surface area contributed by atoms with Crippen LogP contribution >= 0.6 is 0 Å². The molecule has 3 rings (SSSR count). The zero-order chi connectivity index (χ0) is 20.9. The number of benzene rings is 2. The van der Waals surface area contributed by atoms with Crippen LogP contribution in [0.1, 0.15) is 32.3 Å². The van der Waals surface area contributed by atoms with Crippen LogP contribution in [0.4, 0.5) is 5.69 Å². The van der Waals surface area contributed by atoms with Gasteiger partial charge >= 0.3 is 0 Å². The Morgan fingerprint density at radius 1 is 1.14 bits per heavy atom. The van der Waals surface area contributed by atoms with Gasteiger partial charge in [0.05, 0.1) is 17.2 Å². The molecule has 29 heavy (non-hydrogen) atoms. The third-order valence-corrected chi connectivity index (χ3v) is 7.03. The molecule has 7 heteroatoms. The van der Waals surface area contributed by atoms with Gasteiger partial charge in [-0.05, 0) is 55.9 Å². The summed E-state index contributed by atoms with van der Waals surface area (Å²) in [5.41, 5.74) is 1.67. The molecule has 0 aromatic heterocycles. The monoisotopic (exact) mass is 416 g/mol. The molecule has 1 fully saturated rings. The highest BCUT2D eigenvalue weighted by Gasteiger charge is 2.30. The van der Waals surface area contributed by atoms with E-state index in [-0.39, 0.29) is 10.8 Å². The first kappa shape index (κ1) is 21.3. The largest absolute Gasteiger partial charge is 0.492 e. The molecular formula is C22H28N2O4S. The van der Waals surface area contributed by atoms with E-state index in [0.29, 0.717) is 37.1 Å². The number of sulfonamides is 1. The van der Waals surface area contributed by atoms with Gasteiger partial charge in [-0.25, -0.2) is 8.42 Å². The van der Waals surface area contributed by atoms with Crippen molar-refractivity contribution in [1.29, 1.82) is 0 Å². The van der Waals surface area contributed by atoms with Crippen LogP contribution in [0.3, 0.4) is 0 Å². The van der Waals surface area contributed by atoms with Gasteiger partial charge in [-0.1, -0.05) is 30.3 Å². The molecule has 0 unspecified atom stereocenters. The number of hydrogen-bond acceptors (Lipinski definition) is 4. The lowest BCUT2D eigenvalue weighted by molar-refractivity contribution is -0.114. The highest BCUT2D eigenvalue weighted by Crippen LogP contribution is 2.31. The average molecular weight is 417 g/mol. The Hall–Kier alpha value is -2.38. The van der Waals surface area contributed by atoms with Crippen LogP contribution in [0.2, 0.25) is 0 Å². The van der Waals surface area contributed by atoms with Gasteiger partial charge < -0.3 is 10.1 Å². The van der Waals surface area contributed by atoms with E-state index in [1.54, 1.807) is 16.4 Å². The molecule has 156 valence electrons. The number of nitrogens with zero attached hydrogens (tertiary/aromatic N) is 1. The summed E-state index contributed by atoms with van der Waals surface area (Å²) in [5, 5.41) is 2.66. The maximum absolute atomic E-state index is 13.1. The molecule has 0 saturated carbocycles. The lowest BCUT2D eigenvalue weighted by Gasteiger charge is -2.31. The Morgan fingerprint density at radius 2 is 1.83 bits per heavy atom. The molecule has 1 saturated heterocycles. The Labute approximate surface area is 172 Å². The number of anilines is 1. The van der Waals surface area contributed by atoms with Crippen molar-refractivity contribution in [2.75, 3.05) is 25.0 Å². The van der Waals surface area contributed by atoms with E-state index in [1.165, 1.54) is 18.6 Å². The maximum atomic E-state index is 13.1. The fourth-order valence-corrected chi connectivity index (χ4v) is 5.18. The van der Waals surface area contributed by atoms with E-state index in [9.17, 15) is 13.2 Å². The van der Waals surface area contributed by atoms with Crippen LogP contribution < -0.4 is 10.1 Å². The van der Waals surface area contributed by atoms with Crippen molar-refractivity contribution < 1.29 is 17.9 Å². The summed E-state index contributed by atoms with van der Waals surface area (Å²) in [6.45, 7) is 4.65. The second-order valence-electron chi connectivity index (χ2n) is 7.31. The topological polar surface area (TPSA) is 75.7 Å². The van der Waals surface area contributed by atoms with Gasteiger partial charge in [0, 0.05) is 20.0 Å². The molecule has 1 amide bonds. The Morgan fingerprint density at radius 3 is 2.45 bits per heavy atom. The Balaban J connectivity index is 1.71. The zero-order valence-corrected chi connectivity index (χ0v) is 17.7. The van der Waals surface area contributed by atoms with E-state index in [2.05, 4.69) is 17.4 Å². The van der Waals surface area contributed by atoms with E-state index in [4.69, 9.17) is 4.74 Å². The lowest BCUT2D eigenvalue weighted by Crippen LogP contribution is -2.38. The van der Waals surface area contributed by atoms with Crippen LogP contribution in [0.5, 0.6) is 5.75 Å². The van der Waals surface area contributed by atoms with Gasteiger partial charge in [-0.3, -0.25) is 4.79 Å². The zero-order valence-electron chi connectivity index (χ0n) is 16.9. The van der Waals surface area contributed by atoms with Gasteiger partial charge in [0.1, 0.15) is 5.75 Å². The summed E-state index contributed by atoms with van der Waals surface area (Å²) < 4.78 is 33.3. The molecule has 0 spiro atoms. The minimum atomic E-state index is -3.62. The summed E-state index contributed by atoms with van der Waals surface area (Å²) in [6, 6.07) is 14.9. The lowest BCUT2D eigenvalue weighted by atomic mass is 9.91. The number of carbonyl (C=O) groups excluding carboxylic acids is 1. The number of rotatable bonds is 7. The Bertz CT molecular complexity index is 937. The van der Waals surface area contributed by atoms with Crippen LogP contribution in [0.15, 0.2) is 53.4 Å². The molecular weight excluding hydrogens is 388 g/mol. The van der Waals surface area contributed by atoms with Crippen LogP contribution in [-0.2, 0) is 21.2 Å². The Kier molecular flexibility index (Phi) is 6.92. The molecule has 0 bridgehead atoms. The summed E-state index contributed by atoms with van der Waals surface area (Å²) in [4.78, 5) is 11.7. The van der Waals surface area contributed by atoms with Crippen molar-refractivity contribution in [3.05, 3.63) is 54.1 Å². The highest BCUT2D eigenvalue weighted by atomic mass is 32.2. The first-order valence-electron chi connectivity index (χ1n) is 9.98. The molecule has 2 aromatic carbocycles. The van der Waals surface area contributed by atoms with Crippen molar-refractivity contribution in [2.45, 2.75) is 38.0 Å². The van der Waals surface area contributed by atoms with E-state index >= 15 is 0 Å². The number of piperidine rings is 1. The average Bonchev–Trinajstić information content (AvgIpc) is 2.70. The molecule has 1 heterocycles. The second kappa shape index (κ2) is 9.41. The smallest absolute Gasteiger partial charge is 0.243 e. The molecule has 2 aromatic rings. The second-order valence-corrected chi connectivity index (χ2v) is 9.25. The maximum Gasteiger partial charge on any atom is 0.243 e. The number of hydrogen-bond donors (Lipinski definition) is 1. The third-order valence-electron chi connectivity index (χ3n) is 5.14. The van der Waals surface area contributed by atoms with Crippen LogP contribution in [-0.4, -0.2) is 38.3 Å². The van der Waals surface area contributed by atoms with E-state index < -0.39 is 10.0 Å². The fourth-order valence-electron chi connectivity index (χ4n) is 3.69. The van der Waals surface area contributed by atoms with Gasteiger partial charge in [0.15, 0.2) is 0 Å². The number of ether oxygens (including phenoxy) is 1. The normalized spacial score (nSPS) is 15.8. The van der Waals surface area contributed by atoms with Crippen molar-refractivity contribution in [2.24, 2.45) is 5.92 Å². The van der Waals surface area contributed by atoms with Crippen LogP contribution in [0, 0.1) is 5.92 Å². The summed E-state index contributed by atoms with van der Waals surface area (Å²) in [7, 11) is -3.62. The van der Waals surface area contributed by atoms with Gasteiger partial charge in [0.25, 0.3) is 0 Å². The summed E-state index contributed by atoms with van der Waals surface area (Å²) in [6.07, 6.45) is 2.65.